The van der Waals surface area contributed by atoms with E-state index in [1.54, 1.807) is 6.07 Å². The quantitative estimate of drug-likeness (QED) is 0.656. The zero-order valence-corrected chi connectivity index (χ0v) is 10.4. The Morgan fingerprint density at radius 3 is 2.29 bits per heavy atom. The Bertz CT molecular complexity index is 345. The number of rotatable bonds is 1. The normalized spacial score (nSPS) is 11.9. The molecule has 1 aromatic carbocycles. The highest BCUT2D eigenvalue weighted by Gasteiger charge is 2.33. The number of hydrogen-bond acceptors (Lipinski definition) is 0. The lowest BCUT2D eigenvalue weighted by Gasteiger charge is -2.13. The van der Waals surface area contributed by atoms with E-state index >= 15 is 0 Å². The molecular formula is C9H7Br2F3. The molecule has 0 fully saturated rings. The molecule has 0 saturated heterocycles. The molecule has 0 radical (unpaired) electrons. The maximum atomic E-state index is 12.5. The molecule has 14 heavy (non-hydrogen) atoms. The molecule has 0 N–H and O–H groups in total. The van der Waals surface area contributed by atoms with Gasteiger partial charge in [-0.1, -0.05) is 31.9 Å². The third kappa shape index (κ3) is 2.51. The number of halogens is 5. The molecule has 0 aliphatic rings. The lowest BCUT2D eigenvalue weighted by atomic mass is 10.0. The van der Waals surface area contributed by atoms with Crippen molar-refractivity contribution in [2.75, 3.05) is 0 Å². The van der Waals surface area contributed by atoms with Gasteiger partial charge in [-0.15, -0.1) is 0 Å². The molecule has 0 atom stereocenters. The summed E-state index contributed by atoms with van der Waals surface area (Å²) < 4.78 is 38.0. The Balaban J connectivity index is 3.37. The molecule has 5 heteroatoms. The van der Waals surface area contributed by atoms with Crippen molar-refractivity contribution in [3.8, 4) is 0 Å². The summed E-state index contributed by atoms with van der Waals surface area (Å²) in [6.45, 7) is 1.48. The van der Waals surface area contributed by atoms with Crippen molar-refractivity contribution in [2.45, 2.75) is 18.4 Å². The first-order valence-electron chi connectivity index (χ1n) is 3.78. The Morgan fingerprint density at radius 1 is 1.29 bits per heavy atom. The van der Waals surface area contributed by atoms with Crippen LogP contribution in [0.15, 0.2) is 16.6 Å². The number of benzene rings is 1. The molecule has 0 saturated carbocycles. The smallest absolute Gasteiger partial charge is 0.166 e. The van der Waals surface area contributed by atoms with Gasteiger partial charge in [0.15, 0.2) is 0 Å². The third-order valence-electron chi connectivity index (χ3n) is 1.93. The summed E-state index contributed by atoms with van der Waals surface area (Å²) in [6.07, 6.45) is -4.29. The molecule has 1 rings (SSSR count). The van der Waals surface area contributed by atoms with Gasteiger partial charge in [0.2, 0.25) is 0 Å². The van der Waals surface area contributed by atoms with Gasteiger partial charge in [-0.05, 0) is 30.2 Å². The van der Waals surface area contributed by atoms with Crippen LogP contribution in [-0.2, 0) is 11.5 Å². The Morgan fingerprint density at radius 2 is 1.86 bits per heavy atom. The van der Waals surface area contributed by atoms with Crippen LogP contribution in [0.4, 0.5) is 13.2 Å². The topological polar surface area (TPSA) is 0 Å². The van der Waals surface area contributed by atoms with Gasteiger partial charge in [0.05, 0.1) is 5.56 Å². The monoisotopic (exact) mass is 330 g/mol. The predicted octanol–water partition coefficient (Wildman–Crippen LogP) is 4.67. The first-order chi connectivity index (χ1) is 6.36. The molecule has 1 aromatic rings. The van der Waals surface area contributed by atoms with E-state index in [2.05, 4.69) is 31.9 Å². The van der Waals surface area contributed by atoms with Crippen LogP contribution in [0.1, 0.15) is 16.7 Å². The second kappa shape index (κ2) is 4.23. The Kier molecular flexibility index (Phi) is 3.63. The van der Waals surface area contributed by atoms with Crippen molar-refractivity contribution in [3.63, 3.8) is 0 Å². The fraction of sp³-hybridized carbons (Fsp3) is 0.333. The minimum Gasteiger partial charge on any atom is -0.166 e. The molecule has 0 aromatic heterocycles. The summed E-state index contributed by atoms with van der Waals surface area (Å²) in [6, 6.07) is 2.78. The van der Waals surface area contributed by atoms with E-state index in [4.69, 9.17) is 0 Å². The Labute approximate surface area is 96.8 Å². The molecule has 0 unspecified atom stereocenters. The van der Waals surface area contributed by atoms with Crippen molar-refractivity contribution in [3.05, 3.63) is 33.3 Å². The molecule has 0 amide bonds. The highest BCUT2D eigenvalue weighted by atomic mass is 79.9. The lowest BCUT2D eigenvalue weighted by molar-refractivity contribution is -0.138. The van der Waals surface area contributed by atoms with E-state index in [-0.39, 0.29) is 5.56 Å². The Hall–Kier alpha value is -0.0300. The van der Waals surface area contributed by atoms with Crippen LogP contribution in [0.3, 0.4) is 0 Å². The molecule has 0 nitrogen and oxygen atoms in total. The van der Waals surface area contributed by atoms with Crippen molar-refractivity contribution in [1.29, 1.82) is 0 Å². The number of hydrogen-bond donors (Lipinski definition) is 0. The van der Waals surface area contributed by atoms with Gasteiger partial charge in [-0.3, -0.25) is 0 Å². The van der Waals surface area contributed by atoms with E-state index in [0.29, 0.717) is 15.4 Å². The molecule has 0 aliphatic heterocycles. The van der Waals surface area contributed by atoms with Gasteiger partial charge in [-0.2, -0.15) is 13.2 Å². The highest BCUT2D eigenvalue weighted by Crippen LogP contribution is 2.35. The van der Waals surface area contributed by atoms with Crippen LogP contribution in [0, 0.1) is 6.92 Å². The first-order valence-corrected chi connectivity index (χ1v) is 5.70. The van der Waals surface area contributed by atoms with Crippen molar-refractivity contribution < 1.29 is 13.2 Å². The molecule has 0 spiro atoms. The van der Waals surface area contributed by atoms with Gasteiger partial charge in [0.1, 0.15) is 0 Å². The van der Waals surface area contributed by atoms with Gasteiger partial charge in [-0.25, -0.2) is 0 Å². The van der Waals surface area contributed by atoms with Crippen LogP contribution in [0.25, 0.3) is 0 Å². The second-order valence-electron chi connectivity index (χ2n) is 2.87. The summed E-state index contributed by atoms with van der Waals surface area (Å²) in [5.41, 5.74) is 0.339. The van der Waals surface area contributed by atoms with Crippen LogP contribution in [-0.4, -0.2) is 0 Å². The maximum Gasteiger partial charge on any atom is 0.416 e. The minimum atomic E-state index is -4.29. The van der Waals surface area contributed by atoms with E-state index in [1.165, 1.54) is 6.92 Å². The SMILES string of the molecule is Cc1c(CBr)cc(Br)cc1C(F)(F)F. The summed E-state index contributed by atoms with van der Waals surface area (Å²) in [4.78, 5) is 0. The zero-order valence-electron chi connectivity index (χ0n) is 7.25. The standard InChI is InChI=1S/C9H7Br2F3/c1-5-6(4-10)2-7(11)3-8(5)9(12,13)14/h2-3H,4H2,1H3. The molecule has 0 aliphatic carbocycles. The largest absolute Gasteiger partial charge is 0.416 e. The maximum absolute atomic E-state index is 12.5. The summed E-state index contributed by atoms with van der Waals surface area (Å²) in [5, 5.41) is 0.418. The fourth-order valence-electron chi connectivity index (χ4n) is 1.17. The molecule has 78 valence electrons. The van der Waals surface area contributed by atoms with Crippen molar-refractivity contribution >= 4 is 31.9 Å². The van der Waals surface area contributed by atoms with Crippen molar-refractivity contribution in [1.82, 2.24) is 0 Å². The van der Waals surface area contributed by atoms with E-state index < -0.39 is 11.7 Å². The van der Waals surface area contributed by atoms with Crippen molar-refractivity contribution in [2.24, 2.45) is 0 Å². The van der Waals surface area contributed by atoms with Gasteiger partial charge >= 0.3 is 6.18 Å². The number of alkyl halides is 4. The van der Waals surface area contributed by atoms with Gasteiger partial charge in [0.25, 0.3) is 0 Å². The van der Waals surface area contributed by atoms with E-state index in [0.717, 1.165) is 6.07 Å². The van der Waals surface area contributed by atoms with Gasteiger partial charge in [0, 0.05) is 9.80 Å². The average Bonchev–Trinajstić information content (AvgIpc) is 2.06. The first kappa shape index (κ1) is 12.0. The summed E-state index contributed by atoms with van der Waals surface area (Å²) >= 11 is 6.21. The molecule has 0 heterocycles. The summed E-state index contributed by atoms with van der Waals surface area (Å²) in [7, 11) is 0. The van der Waals surface area contributed by atoms with Crippen LogP contribution in [0.2, 0.25) is 0 Å². The lowest BCUT2D eigenvalue weighted by Crippen LogP contribution is -2.09. The zero-order chi connectivity index (χ0) is 10.9. The van der Waals surface area contributed by atoms with Crippen LogP contribution >= 0.6 is 31.9 Å². The third-order valence-corrected chi connectivity index (χ3v) is 2.99. The predicted molar refractivity (Wildman–Crippen MR) is 56.5 cm³/mol. The van der Waals surface area contributed by atoms with E-state index in [1.807, 2.05) is 0 Å². The van der Waals surface area contributed by atoms with E-state index in [9.17, 15) is 13.2 Å². The molecular weight excluding hydrogens is 325 g/mol. The van der Waals surface area contributed by atoms with Crippen LogP contribution in [0.5, 0.6) is 0 Å². The fourth-order valence-corrected chi connectivity index (χ4v) is 2.26. The minimum absolute atomic E-state index is 0.276. The second-order valence-corrected chi connectivity index (χ2v) is 4.35. The highest BCUT2D eigenvalue weighted by molar-refractivity contribution is 9.10. The van der Waals surface area contributed by atoms with Crippen LogP contribution < -0.4 is 0 Å². The molecule has 0 bridgehead atoms. The average molecular weight is 332 g/mol. The summed E-state index contributed by atoms with van der Waals surface area (Å²) in [5.74, 6) is 0. The van der Waals surface area contributed by atoms with Gasteiger partial charge < -0.3 is 0 Å².